The summed E-state index contributed by atoms with van der Waals surface area (Å²) < 4.78 is 13.9. The van der Waals surface area contributed by atoms with Crippen LogP contribution in [0.2, 0.25) is 5.02 Å². The number of anilines is 1. The molecule has 0 unspecified atom stereocenters. The minimum absolute atomic E-state index is 0.177. The third kappa shape index (κ3) is 2.56. The number of hydrogen-bond acceptors (Lipinski definition) is 4. The Bertz CT molecular complexity index is 1390. The summed E-state index contributed by atoms with van der Waals surface area (Å²) in [6.07, 6.45) is 3.69. The molecule has 2 aliphatic heterocycles. The average molecular weight is 472 g/mol. The lowest BCUT2D eigenvalue weighted by atomic mass is 9.64. The van der Waals surface area contributed by atoms with E-state index in [4.69, 9.17) is 11.6 Å². The van der Waals surface area contributed by atoms with Gasteiger partial charge in [-0.3, -0.25) is 14.4 Å². The third-order valence-electron chi connectivity index (χ3n) is 7.41. The number of hydrogen-bond donors (Lipinski definition) is 0. The fraction of sp³-hybridized carbons (Fsp3) is 0.179. The highest BCUT2D eigenvalue weighted by atomic mass is 35.5. The molecule has 3 aliphatic rings. The first-order chi connectivity index (χ1) is 16.4. The second-order valence-electron chi connectivity index (χ2n) is 9.07. The van der Waals surface area contributed by atoms with E-state index in [1.807, 2.05) is 23.1 Å². The molecule has 6 heteroatoms. The lowest BCUT2D eigenvalue weighted by molar-refractivity contribution is -0.118. The zero-order chi connectivity index (χ0) is 23.8. The molecule has 0 bridgehead atoms. The minimum atomic E-state index is -1.55. The molecule has 4 nitrogen and oxygen atoms in total. The molecule has 3 atom stereocenters. The van der Waals surface area contributed by atoms with Crippen LogP contribution in [0.15, 0.2) is 72.8 Å². The molecule has 168 valence electrons. The summed E-state index contributed by atoms with van der Waals surface area (Å²) in [6, 6.07) is 16.4. The van der Waals surface area contributed by atoms with Crippen LogP contribution in [0.3, 0.4) is 0 Å². The fourth-order valence-electron chi connectivity index (χ4n) is 6.14. The quantitative estimate of drug-likeness (QED) is 0.463. The van der Waals surface area contributed by atoms with Crippen molar-refractivity contribution in [2.24, 2.45) is 5.41 Å². The molecule has 2 heterocycles. The van der Waals surface area contributed by atoms with Gasteiger partial charge >= 0.3 is 0 Å². The molecule has 0 saturated carbocycles. The molecule has 3 aromatic rings. The van der Waals surface area contributed by atoms with E-state index in [0.29, 0.717) is 21.7 Å². The normalized spacial score (nSPS) is 23.7. The molecule has 0 radical (unpaired) electrons. The van der Waals surface area contributed by atoms with Gasteiger partial charge in [-0.15, -0.1) is 0 Å². The predicted molar refractivity (Wildman–Crippen MR) is 128 cm³/mol. The number of nitrogens with zero attached hydrogens (tertiary/aromatic N) is 1. The largest absolute Gasteiger partial charge is 0.352 e. The second kappa shape index (κ2) is 7.21. The number of Topliss-reactive ketones (excluding diaryl/α,β-unsaturated/α-hetero) is 3. The van der Waals surface area contributed by atoms with Crippen molar-refractivity contribution in [1.29, 1.82) is 0 Å². The number of fused-ring (bicyclic) bond motifs is 5. The van der Waals surface area contributed by atoms with Crippen molar-refractivity contribution in [2.75, 3.05) is 4.90 Å². The number of ketones is 3. The van der Waals surface area contributed by atoms with Crippen LogP contribution < -0.4 is 4.90 Å². The Morgan fingerprint density at radius 3 is 2.24 bits per heavy atom. The molecular weight excluding hydrogens is 453 g/mol. The lowest BCUT2D eigenvalue weighted by Gasteiger charge is -2.37. The van der Waals surface area contributed by atoms with Crippen molar-refractivity contribution < 1.29 is 18.8 Å². The van der Waals surface area contributed by atoms with Gasteiger partial charge in [0.05, 0.1) is 12.1 Å². The zero-order valence-electron chi connectivity index (χ0n) is 18.2. The van der Waals surface area contributed by atoms with Crippen LogP contribution in [0.25, 0.3) is 6.08 Å². The van der Waals surface area contributed by atoms with Crippen LogP contribution in [-0.4, -0.2) is 29.4 Å². The van der Waals surface area contributed by atoms with E-state index < -0.39 is 29.2 Å². The third-order valence-corrected chi connectivity index (χ3v) is 7.65. The van der Waals surface area contributed by atoms with Gasteiger partial charge in [0.15, 0.2) is 17.3 Å². The smallest absolute Gasteiger partial charge is 0.180 e. The molecule has 1 aliphatic carbocycles. The maximum absolute atomic E-state index is 14.2. The summed E-state index contributed by atoms with van der Waals surface area (Å²) in [6.45, 7) is 1.47. The molecule has 1 fully saturated rings. The van der Waals surface area contributed by atoms with E-state index in [1.54, 1.807) is 48.5 Å². The van der Waals surface area contributed by atoms with Gasteiger partial charge in [-0.2, -0.15) is 0 Å². The second-order valence-corrected chi connectivity index (χ2v) is 9.51. The van der Waals surface area contributed by atoms with Gasteiger partial charge < -0.3 is 4.90 Å². The van der Waals surface area contributed by atoms with Crippen molar-refractivity contribution >= 4 is 40.7 Å². The first-order valence-electron chi connectivity index (χ1n) is 11.1. The van der Waals surface area contributed by atoms with Crippen LogP contribution in [0.1, 0.15) is 44.7 Å². The Labute approximate surface area is 200 Å². The maximum Gasteiger partial charge on any atom is 0.180 e. The molecule has 0 N–H and O–H groups in total. The van der Waals surface area contributed by atoms with E-state index in [2.05, 4.69) is 0 Å². The van der Waals surface area contributed by atoms with Crippen LogP contribution in [0.5, 0.6) is 0 Å². The van der Waals surface area contributed by atoms with Crippen LogP contribution >= 0.6 is 11.6 Å². The van der Waals surface area contributed by atoms with Crippen molar-refractivity contribution in [3.63, 3.8) is 0 Å². The van der Waals surface area contributed by atoms with Gasteiger partial charge in [-0.25, -0.2) is 4.39 Å². The molecule has 34 heavy (non-hydrogen) atoms. The molecular formula is C28H19ClFNO3. The summed E-state index contributed by atoms with van der Waals surface area (Å²) >= 11 is 6.22. The summed E-state index contributed by atoms with van der Waals surface area (Å²) in [7, 11) is 0. The van der Waals surface area contributed by atoms with E-state index >= 15 is 0 Å². The molecule has 0 aromatic heterocycles. The Hall–Kier alpha value is -3.57. The minimum Gasteiger partial charge on any atom is -0.352 e. The average Bonchev–Trinajstić information content (AvgIpc) is 3.26. The summed E-state index contributed by atoms with van der Waals surface area (Å²) in [4.78, 5) is 43.5. The van der Waals surface area contributed by atoms with Crippen LogP contribution in [0.4, 0.5) is 10.1 Å². The monoisotopic (exact) mass is 471 g/mol. The number of rotatable bonds is 2. The Morgan fingerprint density at radius 2 is 1.62 bits per heavy atom. The van der Waals surface area contributed by atoms with E-state index in [1.165, 1.54) is 19.1 Å². The van der Waals surface area contributed by atoms with Crippen molar-refractivity contribution in [3.8, 4) is 0 Å². The van der Waals surface area contributed by atoms with E-state index in [-0.39, 0.29) is 17.3 Å². The Morgan fingerprint density at radius 1 is 0.971 bits per heavy atom. The molecule has 3 aromatic carbocycles. The summed E-state index contributed by atoms with van der Waals surface area (Å²) in [5.41, 5.74) is 1.29. The highest BCUT2D eigenvalue weighted by Gasteiger charge is 2.71. The Balaban J connectivity index is 1.68. The van der Waals surface area contributed by atoms with Gasteiger partial charge in [-0.05, 0) is 48.4 Å². The summed E-state index contributed by atoms with van der Waals surface area (Å²) in [5, 5.41) is 0.547. The van der Waals surface area contributed by atoms with Gasteiger partial charge in [-0.1, -0.05) is 60.2 Å². The highest BCUT2D eigenvalue weighted by molar-refractivity contribution is 6.32. The van der Waals surface area contributed by atoms with Crippen molar-refractivity contribution in [1.82, 2.24) is 0 Å². The number of benzene rings is 3. The number of halogens is 2. The molecule has 1 spiro atoms. The summed E-state index contributed by atoms with van der Waals surface area (Å²) in [5.74, 6) is -2.01. The highest BCUT2D eigenvalue weighted by Crippen LogP contribution is 2.60. The fourth-order valence-corrected chi connectivity index (χ4v) is 6.32. The van der Waals surface area contributed by atoms with Crippen LogP contribution in [-0.2, 0) is 4.79 Å². The van der Waals surface area contributed by atoms with Gasteiger partial charge in [0, 0.05) is 27.8 Å². The topological polar surface area (TPSA) is 54.5 Å². The van der Waals surface area contributed by atoms with Crippen LogP contribution in [0, 0.1) is 11.2 Å². The van der Waals surface area contributed by atoms with E-state index in [0.717, 1.165) is 11.3 Å². The molecule has 6 rings (SSSR count). The maximum atomic E-state index is 14.2. The van der Waals surface area contributed by atoms with Crippen molar-refractivity contribution in [3.05, 3.63) is 106 Å². The Kier molecular flexibility index (Phi) is 4.45. The predicted octanol–water partition coefficient (Wildman–Crippen LogP) is 5.50. The lowest BCUT2D eigenvalue weighted by Crippen LogP contribution is -2.48. The zero-order valence-corrected chi connectivity index (χ0v) is 18.9. The molecule has 0 amide bonds. The SMILES string of the molecule is CC(=O)[C@H]1[C@H](c2ccc(F)cc2)C2(C(=O)c3ccccc3C2=O)[C@@H]2C=Cc3cc(Cl)ccc3N21. The van der Waals surface area contributed by atoms with Gasteiger partial charge in [0.25, 0.3) is 0 Å². The first kappa shape index (κ1) is 21.0. The van der Waals surface area contributed by atoms with Gasteiger partial charge in [0.2, 0.25) is 0 Å². The van der Waals surface area contributed by atoms with Crippen molar-refractivity contribution in [2.45, 2.75) is 24.9 Å². The van der Waals surface area contributed by atoms with Gasteiger partial charge in [0.1, 0.15) is 11.2 Å². The first-order valence-corrected chi connectivity index (χ1v) is 11.4. The van der Waals surface area contributed by atoms with E-state index in [9.17, 15) is 18.8 Å². The molecule has 1 saturated heterocycles. The number of carbonyl (C=O) groups is 3. The number of carbonyl (C=O) groups excluding carboxylic acids is 3. The standard InChI is InChI=1S/C28H19ClFNO3/c1-15(32)25-24(16-6-10-19(30)11-7-16)28(26(33)20-4-2-3-5-21(20)27(28)34)23-13-8-17-14-18(29)9-12-22(17)31(23)25/h2-14,23-25H,1H3/t23-,24-,25-/m0/s1.